The van der Waals surface area contributed by atoms with Gasteiger partial charge in [-0.2, -0.15) is 0 Å². The second-order valence-electron chi connectivity index (χ2n) is 4.72. The van der Waals surface area contributed by atoms with Crippen LogP contribution in [0.5, 0.6) is 0 Å². The van der Waals surface area contributed by atoms with E-state index in [2.05, 4.69) is 20.3 Å². The third kappa shape index (κ3) is 2.46. The van der Waals surface area contributed by atoms with Crippen molar-refractivity contribution in [3.63, 3.8) is 0 Å². The first-order valence-corrected chi connectivity index (χ1v) is 7.70. The lowest BCUT2D eigenvalue weighted by Crippen LogP contribution is -2.38. The maximum atomic E-state index is 11.4. The number of anilines is 2. The number of hydrogen-bond donors (Lipinski definition) is 2. The van der Waals surface area contributed by atoms with Gasteiger partial charge in [-0.1, -0.05) is 0 Å². The number of hydrazine groups is 1. The Kier molecular flexibility index (Phi) is 3.17. The van der Waals surface area contributed by atoms with E-state index in [0.717, 1.165) is 37.6 Å². The Labute approximate surface area is 108 Å². The number of nitrogens with two attached hydrogens (primary N) is 1. The number of hydrogen-bond acceptors (Lipinski definition) is 6. The molecule has 0 atom stereocenters. The van der Waals surface area contributed by atoms with Crippen molar-refractivity contribution < 1.29 is 4.21 Å². The third-order valence-corrected chi connectivity index (χ3v) is 4.60. The first-order valence-electron chi connectivity index (χ1n) is 6.22. The van der Waals surface area contributed by atoms with Crippen LogP contribution in [0.25, 0.3) is 0 Å². The Morgan fingerprint density at radius 1 is 1.33 bits per heavy atom. The van der Waals surface area contributed by atoms with Crippen molar-refractivity contribution in [2.75, 3.05) is 34.9 Å². The predicted octanol–water partition coefficient (Wildman–Crippen LogP) is 0.208. The summed E-state index contributed by atoms with van der Waals surface area (Å²) in [5.74, 6) is 9.82. The summed E-state index contributed by atoms with van der Waals surface area (Å²) in [6.07, 6.45) is 2.33. The minimum atomic E-state index is -0.669. The van der Waals surface area contributed by atoms with E-state index in [1.165, 1.54) is 0 Å². The zero-order chi connectivity index (χ0) is 12.5. The number of nitrogen functional groups attached to an aromatic ring is 1. The largest absolute Gasteiger partial charge is 0.355 e. The van der Waals surface area contributed by atoms with Crippen molar-refractivity contribution >= 4 is 22.4 Å². The van der Waals surface area contributed by atoms with Crippen LogP contribution in [-0.4, -0.2) is 38.8 Å². The Morgan fingerprint density at radius 3 is 2.67 bits per heavy atom. The van der Waals surface area contributed by atoms with Gasteiger partial charge in [0.1, 0.15) is 17.5 Å². The molecule has 7 heteroatoms. The molecule has 98 valence electrons. The van der Waals surface area contributed by atoms with E-state index in [0.29, 0.717) is 23.2 Å². The van der Waals surface area contributed by atoms with Gasteiger partial charge in [0.25, 0.3) is 0 Å². The summed E-state index contributed by atoms with van der Waals surface area (Å²) in [5, 5.41) is 0. The molecule has 0 radical (unpaired) electrons. The van der Waals surface area contributed by atoms with Gasteiger partial charge in [-0.05, 0) is 12.8 Å². The SMILES string of the molecule is NNc1cc(N2CCS(=O)CC2)nc(C2CC2)n1. The highest BCUT2D eigenvalue weighted by molar-refractivity contribution is 7.85. The molecular formula is C11H17N5OS. The van der Waals surface area contributed by atoms with E-state index in [4.69, 9.17) is 5.84 Å². The quantitative estimate of drug-likeness (QED) is 0.601. The van der Waals surface area contributed by atoms with E-state index >= 15 is 0 Å². The summed E-state index contributed by atoms with van der Waals surface area (Å²) in [7, 11) is -0.669. The summed E-state index contributed by atoms with van der Waals surface area (Å²) >= 11 is 0. The highest BCUT2D eigenvalue weighted by Crippen LogP contribution is 2.39. The predicted molar refractivity (Wildman–Crippen MR) is 71.9 cm³/mol. The van der Waals surface area contributed by atoms with Crippen LogP contribution < -0.4 is 16.2 Å². The second-order valence-corrected chi connectivity index (χ2v) is 6.42. The van der Waals surface area contributed by atoms with Crippen LogP contribution in [0.4, 0.5) is 11.6 Å². The Hall–Kier alpha value is -1.21. The fourth-order valence-corrected chi connectivity index (χ4v) is 3.13. The minimum Gasteiger partial charge on any atom is -0.355 e. The van der Waals surface area contributed by atoms with Crippen molar-refractivity contribution in [1.29, 1.82) is 0 Å². The Morgan fingerprint density at radius 2 is 2.06 bits per heavy atom. The van der Waals surface area contributed by atoms with Crippen LogP contribution in [0.1, 0.15) is 24.6 Å². The molecule has 1 aromatic rings. The summed E-state index contributed by atoms with van der Waals surface area (Å²) in [5.41, 5.74) is 2.60. The summed E-state index contributed by atoms with van der Waals surface area (Å²) < 4.78 is 11.4. The zero-order valence-electron chi connectivity index (χ0n) is 10.1. The van der Waals surface area contributed by atoms with Crippen molar-refractivity contribution in [2.45, 2.75) is 18.8 Å². The third-order valence-electron chi connectivity index (χ3n) is 3.32. The Bertz CT molecular complexity index is 467. The second kappa shape index (κ2) is 4.81. The van der Waals surface area contributed by atoms with Gasteiger partial charge in [-0.25, -0.2) is 15.8 Å². The smallest absolute Gasteiger partial charge is 0.145 e. The maximum absolute atomic E-state index is 11.4. The molecule has 2 heterocycles. The molecule has 0 unspecified atom stereocenters. The summed E-state index contributed by atoms with van der Waals surface area (Å²) in [6, 6.07) is 1.86. The molecule has 0 amide bonds. The first-order chi connectivity index (χ1) is 8.76. The minimum absolute atomic E-state index is 0.496. The van der Waals surface area contributed by atoms with E-state index in [1.54, 1.807) is 0 Å². The van der Waals surface area contributed by atoms with Crippen molar-refractivity contribution in [3.05, 3.63) is 11.9 Å². The van der Waals surface area contributed by atoms with Crippen LogP contribution in [-0.2, 0) is 10.8 Å². The molecule has 1 saturated heterocycles. The molecule has 1 aliphatic carbocycles. The fraction of sp³-hybridized carbons (Fsp3) is 0.636. The monoisotopic (exact) mass is 267 g/mol. The number of nitrogens with one attached hydrogen (secondary N) is 1. The molecule has 3 rings (SSSR count). The van der Waals surface area contributed by atoms with Crippen LogP contribution in [0.2, 0.25) is 0 Å². The molecule has 1 aromatic heterocycles. The number of nitrogens with zero attached hydrogens (tertiary/aromatic N) is 3. The van der Waals surface area contributed by atoms with E-state index in [-0.39, 0.29) is 0 Å². The van der Waals surface area contributed by atoms with Crippen molar-refractivity contribution in [3.8, 4) is 0 Å². The van der Waals surface area contributed by atoms with Gasteiger partial charge in [-0.3, -0.25) is 4.21 Å². The van der Waals surface area contributed by atoms with Crippen LogP contribution >= 0.6 is 0 Å². The zero-order valence-corrected chi connectivity index (χ0v) is 10.9. The molecule has 6 nitrogen and oxygen atoms in total. The molecule has 1 saturated carbocycles. The summed E-state index contributed by atoms with van der Waals surface area (Å²) in [6.45, 7) is 1.58. The van der Waals surface area contributed by atoms with Crippen LogP contribution in [0.15, 0.2) is 6.07 Å². The Balaban J connectivity index is 1.85. The lowest BCUT2D eigenvalue weighted by Gasteiger charge is -2.27. The van der Waals surface area contributed by atoms with E-state index < -0.39 is 10.8 Å². The van der Waals surface area contributed by atoms with Crippen LogP contribution in [0, 0.1) is 0 Å². The molecule has 0 spiro atoms. The fourth-order valence-electron chi connectivity index (χ4n) is 2.08. The molecule has 0 aromatic carbocycles. The van der Waals surface area contributed by atoms with Gasteiger partial charge < -0.3 is 10.3 Å². The van der Waals surface area contributed by atoms with Gasteiger partial charge in [0, 0.05) is 47.4 Å². The van der Waals surface area contributed by atoms with Crippen molar-refractivity contribution in [2.24, 2.45) is 5.84 Å². The van der Waals surface area contributed by atoms with E-state index in [9.17, 15) is 4.21 Å². The average Bonchev–Trinajstić information content (AvgIpc) is 3.23. The van der Waals surface area contributed by atoms with E-state index in [1.807, 2.05) is 6.07 Å². The van der Waals surface area contributed by atoms with Crippen molar-refractivity contribution in [1.82, 2.24) is 9.97 Å². The van der Waals surface area contributed by atoms with Gasteiger partial charge in [0.2, 0.25) is 0 Å². The highest BCUT2D eigenvalue weighted by atomic mass is 32.2. The van der Waals surface area contributed by atoms with Gasteiger partial charge in [0.05, 0.1) is 0 Å². The molecule has 2 fully saturated rings. The molecule has 3 N–H and O–H groups in total. The van der Waals surface area contributed by atoms with Crippen LogP contribution in [0.3, 0.4) is 0 Å². The first kappa shape index (κ1) is 11.9. The van der Waals surface area contributed by atoms with Gasteiger partial charge in [0.15, 0.2) is 0 Å². The topological polar surface area (TPSA) is 84.1 Å². The standard InChI is InChI=1S/C11H17N5OS/c12-15-9-7-10(14-11(13-9)8-1-2-8)16-3-5-18(17)6-4-16/h7-8H,1-6,12H2,(H,13,14,15). The molecule has 2 aliphatic rings. The lowest BCUT2D eigenvalue weighted by atomic mass is 10.3. The highest BCUT2D eigenvalue weighted by Gasteiger charge is 2.28. The average molecular weight is 267 g/mol. The van der Waals surface area contributed by atoms with Gasteiger partial charge >= 0.3 is 0 Å². The molecule has 18 heavy (non-hydrogen) atoms. The summed E-state index contributed by atoms with van der Waals surface area (Å²) in [4.78, 5) is 11.2. The molecular weight excluding hydrogens is 250 g/mol. The lowest BCUT2D eigenvalue weighted by molar-refractivity contribution is 0.672. The molecule has 0 bridgehead atoms. The number of aromatic nitrogens is 2. The maximum Gasteiger partial charge on any atom is 0.145 e. The normalized spacial score (nSPS) is 21.1. The van der Waals surface area contributed by atoms with Gasteiger partial charge in [-0.15, -0.1) is 0 Å². The molecule has 1 aliphatic heterocycles. The number of rotatable bonds is 3.